The predicted molar refractivity (Wildman–Crippen MR) is 86.2 cm³/mol. The zero-order chi connectivity index (χ0) is 15.4. The lowest BCUT2D eigenvalue weighted by atomic mass is 9.62. The second-order valence-corrected chi connectivity index (χ2v) is 6.05. The molecule has 0 radical (unpaired) electrons. The number of hydrogen-bond acceptors (Lipinski definition) is 2. The summed E-state index contributed by atoms with van der Waals surface area (Å²) in [6.45, 7) is 0. The minimum absolute atomic E-state index is 0.0938. The van der Waals surface area contributed by atoms with E-state index in [1.807, 2.05) is 48.5 Å². The minimum atomic E-state index is -0.554. The average Bonchev–Trinajstić information content (AvgIpc) is 2.58. The van der Waals surface area contributed by atoms with E-state index >= 15 is 0 Å². The number of rotatable bonds is 3. The molecule has 0 unspecified atom stereocenters. The van der Waals surface area contributed by atoms with Crippen molar-refractivity contribution < 1.29 is 4.79 Å². The van der Waals surface area contributed by atoms with Crippen LogP contribution in [0.25, 0.3) is 0 Å². The Bertz CT molecular complexity index is 687. The summed E-state index contributed by atoms with van der Waals surface area (Å²) < 4.78 is 0. The molecule has 1 fully saturated rings. The van der Waals surface area contributed by atoms with Crippen molar-refractivity contribution in [1.29, 1.82) is 5.26 Å². The Morgan fingerprint density at radius 2 is 1.68 bits per heavy atom. The zero-order valence-corrected chi connectivity index (χ0v) is 12.5. The van der Waals surface area contributed by atoms with E-state index < -0.39 is 11.3 Å². The first-order chi connectivity index (χ1) is 10.8. The lowest BCUT2D eigenvalue weighted by Crippen LogP contribution is -2.45. The van der Waals surface area contributed by atoms with Gasteiger partial charge in [0.25, 0.3) is 0 Å². The predicted octanol–water partition coefficient (Wildman–Crippen LogP) is 4.06. The summed E-state index contributed by atoms with van der Waals surface area (Å²) in [5, 5.41) is 9.34. The van der Waals surface area contributed by atoms with Crippen LogP contribution < -0.4 is 0 Å². The first-order valence-electron chi connectivity index (χ1n) is 7.80. The van der Waals surface area contributed by atoms with Gasteiger partial charge in [-0.2, -0.15) is 5.26 Å². The van der Waals surface area contributed by atoms with Gasteiger partial charge in [0.15, 0.2) is 5.78 Å². The minimum Gasteiger partial charge on any atom is -0.297 e. The summed E-state index contributed by atoms with van der Waals surface area (Å²) in [6.07, 6.45) is 3.11. The molecule has 3 rings (SSSR count). The molecule has 0 amide bonds. The highest BCUT2D eigenvalue weighted by Crippen LogP contribution is 2.41. The third kappa shape index (κ3) is 2.55. The molecule has 1 saturated carbocycles. The lowest BCUT2D eigenvalue weighted by molar-refractivity contribution is -0.129. The molecule has 2 aromatic rings. The largest absolute Gasteiger partial charge is 0.297 e. The summed E-state index contributed by atoms with van der Waals surface area (Å²) >= 11 is 0. The second-order valence-electron chi connectivity index (χ2n) is 6.05. The van der Waals surface area contributed by atoms with Gasteiger partial charge >= 0.3 is 0 Å². The van der Waals surface area contributed by atoms with Crippen LogP contribution in [0.15, 0.2) is 60.7 Å². The molecular formula is C20H19NO. The molecule has 0 saturated heterocycles. The molecular weight excluding hydrogens is 270 g/mol. The number of carbonyl (C=O) groups excluding carboxylic acids is 1. The number of nitrogens with zero attached hydrogens (tertiary/aromatic N) is 1. The van der Waals surface area contributed by atoms with E-state index in [0.717, 1.165) is 24.0 Å². The van der Waals surface area contributed by atoms with Gasteiger partial charge in [-0.1, -0.05) is 67.1 Å². The zero-order valence-electron chi connectivity index (χ0n) is 12.5. The Labute approximate surface area is 131 Å². The van der Waals surface area contributed by atoms with Gasteiger partial charge in [0.2, 0.25) is 0 Å². The van der Waals surface area contributed by atoms with Crippen LogP contribution in [0.5, 0.6) is 0 Å². The van der Waals surface area contributed by atoms with E-state index in [1.54, 1.807) is 0 Å². The number of hydrogen-bond donors (Lipinski definition) is 0. The van der Waals surface area contributed by atoms with Crippen molar-refractivity contribution in [3.05, 3.63) is 71.8 Å². The standard InChI is InChI=1S/C20H19NO/c21-15-17-10-7-13-20(19(17)22,18-11-5-2-6-12-18)14-16-8-3-1-4-9-16/h1-6,8-9,11-12,17H,7,10,13-14H2/t17-,20-/m0/s1. The fraction of sp³-hybridized carbons (Fsp3) is 0.300. The molecule has 2 atom stereocenters. The monoisotopic (exact) mass is 289 g/mol. The molecule has 1 aliphatic rings. The van der Waals surface area contributed by atoms with Crippen LogP contribution in [0.1, 0.15) is 30.4 Å². The number of ketones is 1. The van der Waals surface area contributed by atoms with E-state index in [2.05, 4.69) is 18.2 Å². The first kappa shape index (κ1) is 14.5. The summed E-state index contributed by atoms with van der Waals surface area (Å²) in [5.74, 6) is -0.381. The van der Waals surface area contributed by atoms with Crippen LogP contribution >= 0.6 is 0 Å². The number of Topliss-reactive ketones (excluding diaryl/α,β-unsaturated/α-hetero) is 1. The van der Waals surface area contributed by atoms with Crippen molar-refractivity contribution in [2.45, 2.75) is 31.1 Å². The summed E-state index contributed by atoms with van der Waals surface area (Å²) in [5.41, 5.74) is 1.64. The van der Waals surface area contributed by atoms with E-state index in [-0.39, 0.29) is 5.78 Å². The van der Waals surface area contributed by atoms with Crippen molar-refractivity contribution in [3.63, 3.8) is 0 Å². The Morgan fingerprint density at radius 1 is 1.05 bits per heavy atom. The maximum Gasteiger partial charge on any atom is 0.160 e. The van der Waals surface area contributed by atoms with Crippen LogP contribution in [0.4, 0.5) is 0 Å². The smallest absolute Gasteiger partial charge is 0.160 e. The topological polar surface area (TPSA) is 40.9 Å². The molecule has 0 heterocycles. The van der Waals surface area contributed by atoms with Crippen LogP contribution in [0, 0.1) is 17.2 Å². The van der Waals surface area contributed by atoms with E-state index in [0.29, 0.717) is 12.8 Å². The Kier molecular flexibility index (Phi) is 4.06. The number of carbonyl (C=O) groups is 1. The van der Waals surface area contributed by atoms with Crippen molar-refractivity contribution in [2.75, 3.05) is 0 Å². The molecule has 0 aliphatic heterocycles. The second kappa shape index (κ2) is 6.15. The van der Waals surface area contributed by atoms with E-state index in [1.165, 1.54) is 0 Å². The number of benzene rings is 2. The summed E-state index contributed by atoms with van der Waals surface area (Å²) in [4.78, 5) is 13.1. The average molecular weight is 289 g/mol. The number of nitriles is 1. The SMILES string of the molecule is N#C[C@@H]1CCC[C@](Cc2ccccc2)(c2ccccc2)C1=O. The van der Waals surface area contributed by atoms with E-state index in [4.69, 9.17) is 0 Å². The summed E-state index contributed by atoms with van der Waals surface area (Å²) in [7, 11) is 0. The van der Waals surface area contributed by atoms with Crippen molar-refractivity contribution in [3.8, 4) is 6.07 Å². The normalized spacial score (nSPS) is 24.7. The molecule has 2 heteroatoms. The third-order valence-corrected chi connectivity index (χ3v) is 4.72. The van der Waals surface area contributed by atoms with Gasteiger partial charge in [-0.05, 0) is 30.4 Å². The van der Waals surface area contributed by atoms with Gasteiger partial charge in [-0.3, -0.25) is 4.79 Å². The quantitative estimate of drug-likeness (QED) is 0.855. The van der Waals surface area contributed by atoms with Crippen LogP contribution in [-0.2, 0) is 16.6 Å². The van der Waals surface area contributed by atoms with Crippen LogP contribution in [0.2, 0.25) is 0 Å². The van der Waals surface area contributed by atoms with Gasteiger partial charge in [0.1, 0.15) is 5.92 Å². The fourth-order valence-corrected chi connectivity index (χ4v) is 3.58. The maximum atomic E-state index is 13.1. The summed E-state index contributed by atoms with van der Waals surface area (Å²) in [6, 6.07) is 22.3. The van der Waals surface area contributed by atoms with Gasteiger partial charge < -0.3 is 0 Å². The molecule has 0 N–H and O–H groups in total. The van der Waals surface area contributed by atoms with Crippen molar-refractivity contribution >= 4 is 5.78 Å². The van der Waals surface area contributed by atoms with Crippen molar-refractivity contribution in [2.24, 2.45) is 5.92 Å². The fourth-order valence-electron chi connectivity index (χ4n) is 3.58. The maximum absolute atomic E-state index is 13.1. The molecule has 2 nitrogen and oxygen atoms in total. The molecule has 2 aromatic carbocycles. The van der Waals surface area contributed by atoms with Crippen LogP contribution in [-0.4, -0.2) is 5.78 Å². The van der Waals surface area contributed by atoms with E-state index in [9.17, 15) is 10.1 Å². The molecule has 0 aromatic heterocycles. The van der Waals surface area contributed by atoms with Gasteiger partial charge in [-0.25, -0.2) is 0 Å². The third-order valence-electron chi connectivity index (χ3n) is 4.72. The van der Waals surface area contributed by atoms with Gasteiger partial charge in [-0.15, -0.1) is 0 Å². The lowest BCUT2D eigenvalue weighted by Gasteiger charge is -2.38. The highest BCUT2D eigenvalue weighted by molar-refractivity contribution is 5.94. The molecule has 1 aliphatic carbocycles. The van der Waals surface area contributed by atoms with Gasteiger partial charge in [0, 0.05) is 0 Å². The molecule has 110 valence electrons. The highest BCUT2D eigenvalue weighted by Gasteiger charge is 2.45. The molecule has 0 spiro atoms. The highest BCUT2D eigenvalue weighted by atomic mass is 16.1. The molecule has 22 heavy (non-hydrogen) atoms. The van der Waals surface area contributed by atoms with Crippen molar-refractivity contribution in [1.82, 2.24) is 0 Å². The molecule has 0 bridgehead atoms. The van der Waals surface area contributed by atoms with Crippen LogP contribution in [0.3, 0.4) is 0 Å². The Hall–Kier alpha value is -2.40. The Morgan fingerprint density at radius 3 is 2.32 bits per heavy atom. The first-order valence-corrected chi connectivity index (χ1v) is 7.80. The Balaban J connectivity index is 2.06. The van der Waals surface area contributed by atoms with Gasteiger partial charge in [0.05, 0.1) is 11.5 Å².